The maximum atomic E-state index is 5.70. The Bertz CT molecular complexity index is 413. The highest BCUT2D eigenvalue weighted by atomic mass is 127. The molecule has 7 heteroatoms. The molecule has 2 atom stereocenters. The number of morpholine rings is 1. The van der Waals surface area contributed by atoms with E-state index in [2.05, 4.69) is 43.2 Å². The summed E-state index contributed by atoms with van der Waals surface area (Å²) < 4.78 is 11.1. The fourth-order valence-electron chi connectivity index (χ4n) is 3.34. The molecular formula is C17H35IN4O2. The van der Waals surface area contributed by atoms with Crippen molar-refractivity contribution in [1.82, 2.24) is 15.5 Å². The third-order valence-electron chi connectivity index (χ3n) is 5.72. The van der Waals surface area contributed by atoms with Crippen LogP contribution in [0.5, 0.6) is 0 Å². The number of ether oxygens (including phenoxy) is 2. The van der Waals surface area contributed by atoms with Crippen molar-refractivity contribution in [1.29, 1.82) is 0 Å². The molecule has 1 heterocycles. The Morgan fingerprint density at radius 2 is 1.96 bits per heavy atom. The van der Waals surface area contributed by atoms with Gasteiger partial charge in [0, 0.05) is 44.7 Å². The first-order valence-corrected chi connectivity index (χ1v) is 8.83. The van der Waals surface area contributed by atoms with Crippen molar-refractivity contribution in [3.8, 4) is 0 Å². The van der Waals surface area contributed by atoms with Gasteiger partial charge < -0.3 is 20.1 Å². The smallest absolute Gasteiger partial charge is 0.191 e. The number of hydrogen-bond donors (Lipinski definition) is 2. The molecule has 0 radical (unpaired) electrons. The molecule has 2 fully saturated rings. The van der Waals surface area contributed by atoms with Crippen LogP contribution >= 0.6 is 24.0 Å². The number of nitrogens with one attached hydrogen (secondary N) is 2. The van der Waals surface area contributed by atoms with Crippen LogP contribution in [0.1, 0.15) is 34.1 Å². The Morgan fingerprint density at radius 1 is 1.29 bits per heavy atom. The zero-order valence-electron chi connectivity index (χ0n) is 15.9. The molecule has 0 aromatic heterocycles. The van der Waals surface area contributed by atoms with Gasteiger partial charge in [0.25, 0.3) is 0 Å². The Balaban J connectivity index is 0.00000288. The monoisotopic (exact) mass is 454 g/mol. The van der Waals surface area contributed by atoms with E-state index in [1.54, 1.807) is 7.11 Å². The van der Waals surface area contributed by atoms with Gasteiger partial charge in [-0.05, 0) is 20.3 Å². The molecule has 142 valence electrons. The summed E-state index contributed by atoms with van der Waals surface area (Å²) in [5, 5.41) is 6.95. The summed E-state index contributed by atoms with van der Waals surface area (Å²) in [5.74, 6) is 0.914. The van der Waals surface area contributed by atoms with Crippen LogP contribution in [0.2, 0.25) is 0 Å². The van der Waals surface area contributed by atoms with Gasteiger partial charge in [-0.25, -0.2) is 0 Å². The number of methoxy groups -OCH3 is 1. The van der Waals surface area contributed by atoms with Gasteiger partial charge in [0.15, 0.2) is 5.96 Å². The van der Waals surface area contributed by atoms with E-state index in [0.717, 1.165) is 58.3 Å². The summed E-state index contributed by atoms with van der Waals surface area (Å²) in [6, 6.07) is 0.383. The predicted molar refractivity (Wildman–Crippen MR) is 109 cm³/mol. The van der Waals surface area contributed by atoms with Crippen molar-refractivity contribution in [3.05, 3.63) is 0 Å². The first-order valence-electron chi connectivity index (χ1n) is 8.83. The van der Waals surface area contributed by atoms with Crippen molar-refractivity contribution >= 4 is 29.9 Å². The van der Waals surface area contributed by atoms with Crippen molar-refractivity contribution in [2.45, 2.75) is 45.8 Å². The number of hydrogen-bond acceptors (Lipinski definition) is 4. The number of guanidine groups is 1. The quantitative estimate of drug-likeness (QED) is 0.364. The molecule has 0 aromatic carbocycles. The van der Waals surface area contributed by atoms with Gasteiger partial charge >= 0.3 is 0 Å². The van der Waals surface area contributed by atoms with E-state index in [1.807, 2.05) is 0 Å². The molecule has 24 heavy (non-hydrogen) atoms. The normalized spacial score (nSPS) is 30.2. The van der Waals surface area contributed by atoms with E-state index < -0.39 is 0 Å². The summed E-state index contributed by atoms with van der Waals surface area (Å²) in [7, 11) is 1.81. The van der Waals surface area contributed by atoms with E-state index in [9.17, 15) is 0 Å². The lowest BCUT2D eigenvalue weighted by molar-refractivity contribution is -0.176. The van der Waals surface area contributed by atoms with E-state index >= 15 is 0 Å². The summed E-state index contributed by atoms with van der Waals surface area (Å²) >= 11 is 0. The largest absolute Gasteiger partial charge is 0.379 e. The van der Waals surface area contributed by atoms with Crippen LogP contribution < -0.4 is 10.6 Å². The van der Waals surface area contributed by atoms with Crippen LogP contribution in [0.4, 0.5) is 0 Å². The van der Waals surface area contributed by atoms with Crippen LogP contribution in [-0.2, 0) is 9.47 Å². The molecule has 2 unspecified atom stereocenters. The lowest BCUT2D eigenvalue weighted by Gasteiger charge is -2.59. The molecule has 1 aliphatic heterocycles. The average Bonchev–Trinajstić information content (AvgIpc) is 2.55. The summed E-state index contributed by atoms with van der Waals surface area (Å²) in [6.45, 7) is 15.2. The lowest BCUT2D eigenvalue weighted by Crippen LogP contribution is -2.69. The predicted octanol–water partition coefficient (Wildman–Crippen LogP) is 1.70. The minimum absolute atomic E-state index is 0. The molecule has 1 saturated carbocycles. The second-order valence-corrected chi connectivity index (χ2v) is 7.27. The number of nitrogens with zero attached hydrogens (tertiary/aromatic N) is 2. The minimum atomic E-state index is -0.0597. The standard InChI is InChI=1S/C17H34N4O2.HI/c1-6-18-15(19-7-8-21-9-11-23-12-10-21)20-14-13-17(4,22-5)16(14,2)3;/h14H,6-13H2,1-5H3,(H2,18,19,20);1H. The lowest BCUT2D eigenvalue weighted by atomic mass is 9.56. The molecule has 1 saturated heterocycles. The van der Waals surface area contributed by atoms with Gasteiger partial charge in [-0.2, -0.15) is 0 Å². The van der Waals surface area contributed by atoms with Gasteiger partial charge in [0.2, 0.25) is 0 Å². The average molecular weight is 454 g/mol. The zero-order chi connectivity index (χ0) is 16.9. The Hall–Kier alpha value is -0.120. The second-order valence-electron chi connectivity index (χ2n) is 7.27. The molecule has 1 aliphatic carbocycles. The summed E-state index contributed by atoms with van der Waals surface area (Å²) in [4.78, 5) is 7.15. The number of aliphatic imine (C=N–C) groups is 1. The van der Waals surface area contributed by atoms with Crippen molar-refractivity contribution in [3.63, 3.8) is 0 Å². The molecule has 2 N–H and O–H groups in total. The second kappa shape index (κ2) is 9.54. The Labute approximate surface area is 164 Å². The van der Waals surface area contributed by atoms with Crippen LogP contribution in [0.25, 0.3) is 0 Å². The summed E-state index contributed by atoms with van der Waals surface area (Å²) in [6.07, 6.45) is 1.00. The highest BCUT2D eigenvalue weighted by molar-refractivity contribution is 14.0. The molecular weight excluding hydrogens is 419 g/mol. The maximum Gasteiger partial charge on any atom is 0.191 e. The first kappa shape index (κ1) is 21.9. The SMILES string of the molecule is CCNC(=NCCN1CCOCC1)NC1CC(C)(OC)C1(C)C.I. The molecule has 2 aliphatic rings. The van der Waals surface area contributed by atoms with Gasteiger partial charge in [-0.3, -0.25) is 9.89 Å². The van der Waals surface area contributed by atoms with Crippen LogP contribution in [-0.4, -0.2) is 75.5 Å². The molecule has 0 amide bonds. The third-order valence-corrected chi connectivity index (χ3v) is 5.72. The first-order chi connectivity index (χ1) is 10.9. The molecule has 0 aromatic rings. The van der Waals surface area contributed by atoms with Crippen molar-refractivity contribution in [2.24, 2.45) is 10.4 Å². The third kappa shape index (κ3) is 4.95. The fraction of sp³-hybridized carbons (Fsp3) is 0.941. The molecule has 0 bridgehead atoms. The van der Waals surface area contributed by atoms with Crippen LogP contribution in [0.15, 0.2) is 4.99 Å². The van der Waals surface area contributed by atoms with Crippen molar-refractivity contribution < 1.29 is 9.47 Å². The minimum Gasteiger partial charge on any atom is -0.379 e. The Kier molecular flexibility index (Phi) is 8.72. The Morgan fingerprint density at radius 3 is 2.50 bits per heavy atom. The number of rotatable bonds is 6. The van der Waals surface area contributed by atoms with E-state index in [4.69, 9.17) is 14.5 Å². The maximum absolute atomic E-state index is 5.70. The van der Waals surface area contributed by atoms with Gasteiger partial charge in [0.1, 0.15) is 0 Å². The molecule has 6 nitrogen and oxygen atoms in total. The highest BCUT2D eigenvalue weighted by Crippen LogP contribution is 2.51. The van der Waals surface area contributed by atoms with Gasteiger partial charge in [-0.15, -0.1) is 24.0 Å². The topological polar surface area (TPSA) is 58.1 Å². The fourth-order valence-corrected chi connectivity index (χ4v) is 3.34. The summed E-state index contributed by atoms with van der Waals surface area (Å²) in [5.41, 5.74) is 0.0257. The van der Waals surface area contributed by atoms with Crippen LogP contribution in [0.3, 0.4) is 0 Å². The molecule has 0 spiro atoms. The van der Waals surface area contributed by atoms with Gasteiger partial charge in [0.05, 0.1) is 25.4 Å². The molecule has 2 rings (SSSR count). The zero-order valence-corrected chi connectivity index (χ0v) is 18.2. The van der Waals surface area contributed by atoms with Crippen LogP contribution in [0, 0.1) is 5.41 Å². The van der Waals surface area contributed by atoms with E-state index in [1.165, 1.54) is 0 Å². The van der Waals surface area contributed by atoms with Crippen molar-refractivity contribution in [2.75, 3.05) is 53.0 Å². The van der Waals surface area contributed by atoms with E-state index in [-0.39, 0.29) is 35.0 Å². The highest BCUT2D eigenvalue weighted by Gasteiger charge is 2.58. The number of halogens is 1. The van der Waals surface area contributed by atoms with Gasteiger partial charge in [-0.1, -0.05) is 13.8 Å². The van der Waals surface area contributed by atoms with E-state index in [0.29, 0.717) is 6.04 Å².